The third-order valence-corrected chi connectivity index (χ3v) is 2.42. The highest BCUT2D eigenvalue weighted by molar-refractivity contribution is 5.92. The minimum atomic E-state index is -2.78. The third kappa shape index (κ3) is 2.54. The molecule has 0 amide bonds. The summed E-state index contributed by atoms with van der Waals surface area (Å²) in [7, 11) is 0. The van der Waals surface area contributed by atoms with Gasteiger partial charge in [0.2, 0.25) is 0 Å². The number of halogens is 2. The van der Waals surface area contributed by atoms with Crippen LogP contribution in [0, 0.1) is 0 Å². The van der Waals surface area contributed by atoms with Gasteiger partial charge in [-0.05, 0) is 19.1 Å². The van der Waals surface area contributed by atoms with E-state index in [-0.39, 0.29) is 24.3 Å². The van der Waals surface area contributed by atoms with Gasteiger partial charge < -0.3 is 9.47 Å². The number of benzene rings is 1. The van der Waals surface area contributed by atoms with Crippen LogP contribution in [0.1, 0.15) is 23.7 Å². The standard InChI is InChI=1S/C12H12F2O3/c1-2-16-11(15)8-5-3-4-6-9(8)17-10-7-12(10,13)14/h3-6,10H,2,7H2,1H3. The molecule has 0 radical (unpaired) electrons. The molecule has 1 unspecified atom stereocenters. The fourth-order valence-corrected chi connectivity index (χ4v) is 1.42. The molecule has 0 spiro atoms. The number of carbonyl (C=O) groups excluding carboxylic acids is 1. The lowest BCUT2D eigenvalue weighted by molar-refractivity contribution is 0.0500. The Labute approximate surface area is 97.3 Å². The Morgan fingerprint density at radius 1 is 1.47 bits per heavy atom. The first-order valence-corrected chi connectivity index (χ1v) is 5.35. The Hall–Kier alpha value is -1.65. The van der Waals surface area contributed by atoms with Crippen LogP contribution in [0.5, 0.6) is 5.75 Å². The van der Waals surface area contributed by atoms with E-state index in [2.05, 4.69) is 0 Å². The first kappa shape index (κ1) is 11.8. The van der Waals surface area contributed by atoms with E-state index in [9.17, 15) is 13.6 Å². The fraction of sp³-hybridized carbons (Fsp3) is 0.417. The first-order chi connectivity index (χ1) is 8.04. The van der Waals surface area contributed by atoms with Crippen molar-refractivity contribution in [2.45, 2.75) is 25.4 Å². The van der Waals surface area contributed by atoms with Crippen LogP contribution in [-0.4, -0.2) is 24.6 Å². The largest absolute Gasteiger partial charge is 0.483 e. The Morgan fingerprint density at radius 2 is 2.12 bits per heavy atom. The van der Waals surface area contributed by atoms with Crippen LogP contribution in [0.3, 0.4) is 0 Å². The van der Waals surface area contributed by atoms with Crippen LogP contribution in [0.2, 0.25) is 0 Å². The number of hydrogen-bond acceptors (Lipinski definition) is 3. The van der Waals surface area contributed by atoms with Crippen LogP contribution < -0.4 is 4.74 Å². The molecule has 1 fully saturated rings. The monoisotopic (exact) mass is 242 g/mol. The van der Waals surface area contributed by atoms with Crippen LogP contribution in [0.15, 0.2) is 24.3 Å². The van der Waals surface area contributed by atoms with Gasteiger partial charge in [-0.1, -0.05) is 12.1 Å². The lowest BCUT2D eigenvalue weighted by atomic mass is 10.2. The molecule has 0 aromatic heterocycles. The molecule has 2 rings (SSSR count). The van der Waals surface area contributed by atoms with Gasteiger partial charge in [0.15, 0.2) is 6.10 Å². The lowest BCUT2D eigenvalue weighted by Gasteiger charge is -2.09. The summed E-state index contributed by atoms with van der Waals surface area (Å²) in [5.74, 6) is -3.19. The molecular formula is C12H12F2O3. The van der Waals surface area contributed by atoms with Gasteiger partial charge in [0.25, 0.3) is 5.92 Å². The van der Waals surface area contributed by atoms with Crippen molar-refractivity contribution in [2.75, 3.05) is 6.61 Å². The Bertz CT molecular complexity index is 432. The maximum Gasteiger partial charge on any atom is 0.341 e. The van der Waals surface area contributed by atoms with Gasteiger partial charge in [-0.3, -0.25) is 0 Å². The quantitative estimate of drug-likeness (QED) is 0.761. The molecule has 1 aromatic carbocycles. The van der Waals surface area contributed by atoms with Crippen molar-refractivity contribution in [1.29, 1.82) is 0 Å². The number of hydrogen-bond donors (Lipinski definition) is 0. The second kappa shape index (κ2) is 4.31. The van der Waals surface area contributed by atoms with E-state index in [0.717, 1.165) is 0 Å². The second-order valence-electron chi connectivity index (χ2n) is 3.79. The third-order valence-electron chi connectivity index (χ3n) is 2.42. The highest BCUT2D eigenvalue weighted by Crippen LogP contribution is 2.45. The lowest BCUT2D eigenvalue weighted by Crippen LogP contribution is -2.12. The molecule has 0 N–H and O–H groups in total. The predicted octanol–water partition coefficient (Wildman–Crippen LogP) is 2.65. The van der Waals surface area contributed by atoms with E-state index >= 15 is 0 Å². The number of alkyl halides is 2. The summed E-state index contributed by atoms with van der Waals surface area (Å²) in [6, 6.07) is 6.23. The van der Waals surface area contributed by atoms with Crippen molar-refractivity contribution >= 4 is 5.97 Å². The number of para-hydroxylation sites is 1. The molecule has 1 aliphatic rings. The van der Waals surface area contributed by atoms with E-state index in [0.29, 0.717) is 0 Å². The van der Waals surface area contributed by atoms with Crippen molar-refractivity contribution in [1.82, 2.24) is 0 Å². The van der Waals surface area contributed by atoms with Crippen LogP contribution in [-0.2, 0) is 4.74 Å². The summed E-state index contributed by atoms with van der Waals surface area (Å²) < 4.78 is 35.3. The zero-order chi connectivity index (χ0) is 12.5. The topological polar surface area (TPSA) is 35.5 Å². The van der Waals surface area contributed by atoms with E-state index in [1.165, 1.54) is 12.1 Å². The van der Waals surface area contributed by atoms with Gasteiger partial charge >= 0.3 is 5.97 Å². The molecule has 1 aliphatic carbocycles. The summed E-state index contributed by atoms with van der Waals surface area (Å²) in [5.41, 5.74) is 0.178. The Kier molecular flexibility index (Phi) is 3.00. The molecule has 0 aliphatic heterocycles. The van der Waals surface area contributed by atoms with Crippen molar-refractivity contribution in [3.05, 3.63) is 29.8 Å². The van der Waals surface area contributed by atoms with Gasteiger partial charge in [0.1, 0.15) is 11.3 Å². The maximum absolute atomic E-state index is 12.7. The highest BCUT2D eigenvalue weighted by Gasteiger charge is 2.59. The summed E-state index contributed by atoms with van der Waals surface area (Å²) in [4.78, 5) is 11.5. The molecule has 1 aromatic rings. The molecule has 1 atom stereocenters. The number of esters is 1. The van der Waals surface area contributed by atoms with E-state index in [1.807, 2.05) is 0 Å². The summed E-state index contributed by atoms with van der Waals surface area (Å²) >= 11 is 0. The minimum absolute atomic E-state index is 0.146. The number of ether oxygens (including phenoxy) is 2. The van der Waals surface area contributed by atoms with Crippen molar-refractivity contribution in [3.8, 4) is 5.75 Å². The van der Waals surface area contributed by atoms with Gasteiger partial charge in [-0.15, -0.1) is 0 Å². The normalized spacial score (nSPS) is 20.8. The van der Waals surface area contributed by atoms with Crippen LogP contribution in [0.25, 0.3) is 0 Å². The van der Waals surface area contributed by atoms with Gasteiger partial charge in [-0.2, -0.15) is 0 Å². The zero-order valence-corrected chi connectivity index (χ0v) is 9.28. The maximum atomic E-state index is 12.7. The van der Waals surface area contributed by atoms with E-state index < -0.39 is 18.0 Å². The summed E-state index contributed by atoms with van der Waals surface area (Å²) in [6.07, 6.45) is -1.43. The highest BCUT2D eigenvalue weighted by atomic mass is 19.3. The molecule has 92 valence electrons. The van der Waals surface area contributed by atoms with E-state index in [1.54, 1.807) is 19.1 Å². The van der Waals surface area contributed by atoms with Crippen molar-refractivity contribution < 1.29 is 23.0 Å². The average Bonchev–Trinajstić information content (AvgIpc) is 2.87. The van der Waals surface area contributed by atoms with Crippen molar-refractivity contribution in [3.63, 3.8) is 0 Å². The SMILES string of the molecule is CCOC(=O)c1ccccc1OC1CC1(F)F. The molecule has 17 heavy (non-hydrogen) atoms. The molecule has 3 nitrogen and oxygen atoms in total. The molecule has 5 heteroatoms. The summed E-state index contributed by atoms with van der Waals surface area (Å²) in [6.45, 7) is 1.91. The fourth-order valence-electron chi connectivity index (χ4n) is 1.42. The van der Waals surface area contributed by atoms with Crippen LogP contribution >= 0.6 is 0 Å². The predicted molar refractivity (Wildman–Crippen MR) is 56.4 cm³/mol. The second-order valence-corrected chi connectivity index (χ2v) is 3.79. The molecule has 0 saturated heterocycles. The van der Waals surface area contributed by atoms with Crippen molar-refractivity contribution in [2.24, 2.45) is 0 Å². The molecular weight excluding hydrogens is 230 g/mol. The molecule has 1 saturated carbocycles. The van der Waals surface area contributed by atoms with Gasteiger partial charge in [-0.25, -0.2) is 13.6 Å². The smallest absolute Gasteiger partial charge is 0.341 e. The average molecular weight is 242 g/mol. The van der Waals surface area contributed by atoms with Gasteiger partial charge in [0, 0.05) is 0 Å². The Morgan fingerprint density at radius 3 is 2.71 bits per heavy atom. The molecule has 0 bridgehead atoms. The number of carbonyl (C=O) groups is 1. The first-order valence-electron chi connectivity index (χ1n) is 5.35. The summed E-state index contributed by atoms with van der Waals surface area (Å²) in [5, 5.41) is 0. The minimum Gasteiger partial charge on any atom is -0.483 e. The molecule has 0 heterocycles. The Balaban J connectivity index is 2.14. The number of rotatable bonds is 4. The van der Waals surface area contributed by atoms with E-state index in [4.69, 9.17) is 9.47 Å². The zero-order valence-electron chi connectivity index (χ0n) is 9.28. The van der Waals surface area contributed by atoms with Crippen LogP contribution in [0.4, 0.5) is 8.78 Å². The van der Waals surface area contributed by atoms with Gasteiger partial charge in [0.05, 0.1) is 13.0 Å².